The van der Waals surface area contributed by atoms with Crippen molar-refractivity contribution in [3.8, 4) is 5.75 Å². The fourth-order valence-electron chi connectivity index (χ4n) is 4.84. The van der Waals surface area contributed by atoms with E-state index in [0.717, 1.165) is 58.4 Å². The van der Waals surface area contributed by atoms with Crippen molar-refractivity contribution in [2.24, 2.45) is 4.99 Å². The quantitative estimate of drug-likeness (QED) is 0.317. The number of nitrogens with one attached hydrogen (secondary N) is 2. The molecule has 2 aliphatic heterocycles. The van der Waals surface area contributed by atoms with Crippen molar-refractivity contribution in [2.75, 3.05) is 65.5 Å². The zero-order valence-electron chi connectivity index (χ0n) is 22.6. The molecule has 2 atom stereocenters. The van der Waals surface area contributed by atoms with Gasteiger partial charge in [-0.25, -0.2) is 14.4 Å². The van der Waals surface area contributed by atoms with E-state index in [9.17, 15) is 19.5 Å². The Morgan fingerprint density at radius 3 is 2.42 bits per heavy atom. The van der Waals surface area contributed by atoms with Crippen molar-refractivity contribution in [2.45, 2.75) is 31.8 Å². The van der Waals surface area contributed by atoms with Crippen LogP contribution in [-0.4, -0.2) is 106 Å². The highest BCUT2D eigenvalue weighted by molar-refractivity contribution is 6.21. The van der Waals surface area contributed by atoms with Gasteiger partial charge in [-0.15, -0.1) is 0 Å². The van der Waals surface area contributed by atoms with E-state index in [1.165, 1.54) is 13.8 Å². The summed E-state index contributed by atoms with van der Waals surface area (Å²) >= 11 is 0. The van der Waals surface area contributed by atoms with Gasteiger partial charge in [-0.05, 0) is 38.9 Å². The third-order valence-corrected chi connectivity index (χ3v) is 6.93. The molecule has 0 aliphatic carbocycles. The maximum atomic E-state index is 12.8. The smallest absolute Gasteiger partial charge is 0.343 e. The van der Waals surface area contributed by atoms with Crippen LogP contribution in [0.15, 0.2) is 40.6 Å². The predicted molar refractivity (Wildman–Crippen MR) is 142 cm³/mol. The molecule has 12 nitrogen and oxygen atoms in total. The maximum Gasteiger partial charge on any atom is 0.343 e. The Morgan fingerprint density at radius 1 is 1.11 bits per heavy atom. The molecular formula is C26H37N5O7. The lowest BCUT2D eigenvalue weighted by molar-refractivity contribution is -0.148. The molecule has 2 aliphatic rings. The molecule has 2 amide bonds. The first-order chi connectivity index (χ1) is 18.2. The lowest BCUT2D eigenvalue weighted by atomic mass is 9.82. The van der Waals surface area contributed by atoms with Gasteiger partial charge in [0.1, 0.15) is 17.1 Å². The fraction of sp³-hybridized carbons (Fsp3) is 0.538. The second kappa shape index (κ2) is 12.6. The SMILES string of the molecule is COC(=O)C1=C(O)C(NC(=O)NCCCN2CCN(c3ccccc3OC)CC2)(C(=O)OC)C(C)N=C1C. The Bertz CT molecular complexity index is 1100. The summed E-state index contributed by atoms with van der Waals surface area (Å²) in [4.78, 5) is 46.8. The molecule has 38 heavy (non-hydrogen) atoms. The number of carbonyl (C=O) groups is 3. The van der Waals surface area contributed by atoms with Crippen LogP contribution in [0.4, 0.5) is 10.5 Å². The Balaban J connectivity index is 1.55. The molecule has 2 unspecified atom stereocenters. The summed E-state index contributed by atoms with van der Waals surface area (Å²) in [7, 11) is 3.94. The zero-order chi connectivity index (χ0) is 27.9. The van der Waals surface area contributed by atoms with E-state index in [0.29, 0.717) is 13.0 Å². The summed E-state index contributed by atoms with van der Waals surface area (Å²) in [5, 5.41) is 16.2. The van der Waals surface area contributed by atoms with Crippen molar-refractivity contribution in [3.05, 3.63) is 35.6 Å². The highest BCUT2D eigenvalue weighted by atomic mass is 16.5. The van der Waals surface area contributed by atoms with Crippen LogP contribution in [0.5, 0.6) is 5.75 Å². The third kappa shape index (κ3) is 5.85. The van der Waals surface area contributed by atoms with Crippen molar-refractivity contribution >= 4 is 29.4 Å². The second-order valence-corrected chi connectivity index (χ2v) is 9.14. The highest BCUT2D eigenvalue weighted by Crippen LogP contribution is 2.32. The number of nitrogens with zero attached hydrogens (tertiary/aromatic N) is 3. The van der Waals surface area contributed by atoms with Crippen LogP contribution in [0, 0.1) is 0 Å². The van der Waals surface area contributed by atoms with Gasteiger partial charge in [-0.3, -0.25) is 9.89 Å². The summed E-state index contributed by atoms with van der Waals surface area (Å²) in [6.07, 6.45) is 0.676. The third-order valence-electron chi connectivity index (χ3n) is 6.93. The van der Waals surface area contributed by atoms with Crippen LogP contribution in [0.1, 0.15) is 20.3 Å². The van der Waals surface area contributed by atoms with Crippen molar-refractivity contribution in [3.63, 3.8) is 0 Å². The normalized spacial score (nSPS) is 21.9. The van der Waals surface area contributed by atoms with Crippen LogP contribution < -0.4 is 20.3 Å². The van der Waals surface area contributed by atoms with E-state index in [-0.39, 0.29) is 11.3 Å². The highest BCUT2D eigenvalue weighted by Gasteiger charge is 2.55. The van der Waals surface area contributed by atoms with Crippen molar-refractivity contribution < 1.29 is 33.7 Å². The standard InChI is InChI=1S/C26H37N5O7/c1-17-21(23(33)37-4)22(32)26(18(2)28-17,24(34)38-5)29-25(35)27-11-8-12-30-13-15-31(16-14-30)19-9-6-7-10-20(19)36-3/h6-7,9-10,18,32H,8,11-16H2,1-5H3,(H2,27,29,35). The number of benzene rings is 1. The molecule has 1 aromatic carbocycles. The number of aliphatic hydroxyl groups is 1. The molecule has 1 aromatic rings. The van der Waals surface area contributed by atoms with Crippen LogP contribution in [0.3, 0.4) is 0 Å². The molecule has 3 rings (SSSR count). The summed E-state index contributed by atoms with van der Waals surface area (Å²) in [6, 6.07) is 6.32. The van der Waals surface area contributed by atoms with E-state index in [2.05, 4.69) is 31.5 Å². The second-order valence-electron chi connectivity index (χ2n) is 9.14. The molecule has 1 saturated heterocycles. The first-order valence-corrected chi connectivity index (χ1v) is 12.5. The Morgan fingerprint density at radius 2 is 1.79 bits per heavy atom. The topological polar surface area (TPSA) is 142 Å². The van der Waals surface area contributed by atoms with Crippen molar-refractivity contribution in [1.29, 1.82) is 0 Å². The molecule has 2 heterocycles. The number of aliphatic imine (C=N–C) groups is 1. The lowest BCUT2D eigenvalue weighted by Crippen LogP contribution is -2.66. The molecule has 0 spiro atoms. The number of dihydropyridines is 1. The number of piperazine rings is 1. The number of para-hydroxylation sites is 2. The maximum absolute atomic E-state index is 12.8. The summed E-state index contributed by atoms with van der Waals surface area (Å²) in [5.74, 6) is -1.65. The zero-order valence-corrected chi connectivity index (χ0v) is 22.6. The van der Waals surface area contributed by atoms with E-state index in [1.807, 2.05) is 18.2 Å². The summed E-state index contributed by atoms with van der Waals surface area (Å²) < 4.78 is 15.1. The van der Waals surface area contributed by atoms with Crippen LogP contribution in [0.25, 0.3) is 0 Å². The van der Waals surface area contributed by atoms with E-state index in [1.54, 1.807) is 7.11 Å². The van der Waals surface area contributed by atoms with Crippen LogP contribution in [-0.2, 0) is 19.1 Å². The Kier molecular flexibility index (Phi) is 9.56. The van der Waals surface area contributed by atoms with E-state index >= 15 is 0 Å². The predicted octanol–water partition coefficient (Wildman–Crippen LogP) is 1.27. The van der Waals surface area contributed by atoms with Crippen LogP contribution in [0.2, 0.25) is 0 Å². The molecule has 0 radical (unpaired) electrons. The van der Waals surface area contributed by atoms with Crippen molar-refractivity contribution in [1.82, 2.24) is 15.5 Å². The van der Waals surface area contributed by atoms with Crippen LogP contribution >= 0.6 is 0 Å². The molecule has 0 saturated carbocycles. The number of hydrogen-bond donors (Lipinski definition) is 3. The lowest BCUT2D eigenvalue weighted by Gasteiger charge is -2.38. The summed E-state index contributed by atoms with van der Waals surface area (Å²) in [6.45, 7) is 7.63. The number of aliphatic hydroxyl groups excluding tert-OH is 1. The number of carbonyl (C=O) groups excluding carboxylic acids is 3. The van der Waals surface area contributed by atoms with E-state index in [4.69, 9.17) is 14.2 Å². The number of esters is 2. The first kappa shape index (κ1) is 28.8. The fourth-order valence-corrected chi connectivity index (χ4v) is 4.84. The molecule has 0 bridgehead atoms. The minimum Gasteiger partial charge on any atom is -0.508 e. The molecule has 3 N–H and O–H groups in total. The number of hydrogen-bond acceptors (Lipinski definition) is 10. The van der Waals surface area contributed by atoms with Gasteiger partial charge >= 0.3 is 18.0 Å². The number of anilines is 1. The van der Waals surface area contributed by atoms with E-state index < -0.39 is 35.3 Å². The van der Waals surface area contributed by atoms with Gasteiger partial charge in [0, 0.05) is 32.7 Å². The Labute approximate surface area is 222 Å². The molecule has 208 valence electrons. The van der Waals surface area contributed by atoms with Gasteiger partial charge in [0.25, 0.3) is 0 Å². The first-order valence-electron chi connectivity index (χ1n) is 12.5. The number of ether oxygens (including phenoxy) is 3. The number of rotatable bonds is 9. The van der Waals surface area contributed by atoms with Gasteiger partial charge in [0.2, 0.25) is 5.54 Å². The minimum atomic E-state index is -2.07. The summed E-state index contributed by atoms with van der Waals surface area (Å²) in [5.41, 5.74) is -1.09. The van der Waals surface area contributed by atoms with Gasteiger partial charge < -0.3 is 34.9 Å². The Hall–Kier alpha value is -3.80. The number of amides is 2. The van der Waals surface area contributed by atoms with Gasteiger partial charge in [0.15, 0.2) is 0 Å². The monoisotopic (exact) mass is 531 g/mol. The molecule has 0 aromatic heterocycles. The largest absolute Gasteiger partial charge is 0.508 e. The number of methoxy groups -OCH3 is 3. The molecule has 1 fully saturated rings. The van der Waals surface area contributed by atoms with Gasteiger partial charge in [-0.1, -0.05) is 12.1 Å². The number of urea groups is 1. The average Bonchev–Trinajstić information content (AvgIpc) is 2.93. The van der Waals surface area contributed by atoms with Gasteiger partial charge in [-0.2, -0.15) is 0 Å². The minimum absolute atomic E-state index is 0.189. The average molecular weight is 532 g/mol. The molecule has 12 heteroatoms. The molecular weight excluding hydrogens is 494 g/mol. The van der Waals surface area contributed by atoms with Gasteiger partial charge in [0.05, 0.1) is 38.8 Å².